The van der Waals surface area contributed by atoms with Crippen molar-refractivity contribution in [3.63, 3.8) is 0 Å². The summed E-state index contributed by atoms with van der Waals surface area (Å²) in [5, 5.41) is 7.34. The number of anilines is 1. The highest BCUT2D eigenvalue weighted by molar-refractivity contribution is 5.88. The first-order valence-corrected chi connectivity index (χ1v) is 17.5. The van der Waals surface area contributed by atoms with Gasteiger partial charge in [-0.1, -0.05) is 58.8 Å². The molecule has 0 radical (unpaired) electrons. The van der Waals surface area contributed by atoms with E-state index in [2.05, 4.69) is 60.3 Å². The number of nitrogens with zero attached hydrogens (tertiary/aromatic N) is 6. The lowest BCUT2D eigenvalue weighted by atomic mass is 9.72. The summed E-state index contributed by atoms with van der Waals surface area (Å²) in [6, 6.07) is 2.64. The van der Waals surface area contributed by atoms with Crippen LogP contribution in [-0.4, -0.2) is 74.7 Å². The number of nitrogens with one attached hydrogen (secondary N) is 1. The van der Waals surface area contributed by atoms with Crippen LogP contribution >= 0.6 is 0 Å². The lowest BCUT2D eigenvalue weighted by Gasteiger charge is -2.47. The molecule has 2 aromatic heterocycles. The molecule has 4 atom stereocenters. The van der Waals surface area contributed by atoms with Crippen LogP contribution in [0, 0.1) is 18.8 Å². The van der Waals surface area contributed by atoms with Gasteiger partial charge in [0.05, 0.1) is 11.7 Å². The quantitative estimate of drug-likeness (QED) is 0.482. The predicted octanol–water partition coefficient (Wildman–Crippen LogP) is 5.37. The van der Waals surface area contributed by atoms with Gasteiger partial charge in [0, 0.05) is 56.6 Å². The molecule has 4 aliphatic rings. The van der Waals surface area contributed by atoms with Gasteiger partial charge in [0.15, 0.2) is 5.65 Å². The summed E-state index contributed by atoms with van der Waals surface area (Å²) < 4.78 is 1.93. The minimum absolute atomic E-state index is 0.0187. The molecule has 2 aromatic rings. The van der Waals surface area contributed by atoms with Crippen molar-refractivity contribution >= 4 is 17.4 Å². The first-order chi connectivity index (χ1) is 20.8. The number of aromatic nitrogens is 3. The van der Waals surface area contributed by atoms with Crippen LogP contribution in [0.25, 0.3) is 5.65 Å². The highest BCUT2D eigenvalue weighted by Gasteiger charge is 2.56. The molecular weight excluding hydrogens is 536 g/mol. The first-order valence-electron chi connectivity index (χ1n) is 17.5. The van der Waals surface area contributed by atoms with Crippen LogP contribution in [0.3, 0.4) is 0 Å². The van der Waals surface area contributed by atoms with Gasteiger partial charge in [0.1, 0.15) is 11.4 Å². The van der Waals surface area contributed by atoms with E-state index in [0.717, 1.165) is 87.3 Å². The summed E-state index contributed by atoms with van der Waals surface area (Å²) in [5.74, 6) is 2.17. The number of carbonyl (C=O) groups is 1. The number of nitrogens with two attached hydrogens (primary N) is 1. The highest BCUT2D eigenvalue weighted by atomic mass is 16.2. The van der Waals surface area contributed by atoms with E-state index in [0.29, 0.717) is 23.8 Å². The van der Waals surface area contributed by atoms with Gasteiger partial charge in [-0.25, -0.2) is 14.5 Å². The zero-order valence-electron chi connectivity index (χ0n) is 27.2. The smallest absolute Gasteiger partial charge is 0.245 e. The zero-order chi connectivity index (χ0) is 30.1. The molecule has 0 aromatic carbocycles. The Hall–Kier alpha value is -2.23. The van der Waals surface area contributed by atoms with Crippen molar-refractivity contribution in [2.75, 3.05) is 31.6 Å². The maximum Gasteiger partial charge on any atom is 0.245 e. The molecule has 9 heteroatoms. The molecular formula is C34H56N8O. The van der Waals surface area contributed by atoms with E-state index < -0.39 is 5.54 Å². The van der Waals surface area contributed by atoms with Crippen molar-refractivity contribution in [3.8, 4) is 0 Å². The monoisotopic (exact) mass is 592 g/mol. The number of piperidine rings is 1. The summed E-state index contributed by atoms with van der Waals surface area (Å²) in [7, 11) is 2.15. The fraction of sp³-hybridized carbons (Fsp3) is 0.794. The largest absolute Gasteiger partial charge is 0.355 e. The highest BCUT2D eigenvalue weighted by Crippen LogP contribution is 2.45. The minimum atomic E-state index is -0.514. The third kappa shape index (κ3) is 6.06. The second kappa shape index (κ2) is 13.0. The summed E-state index contributed by atoms with van der Waals surface area (Å²) >= 11 is 0. The van der Waals surface area contributed by atoms with E-state index in [1.54, 1.807) is 0 Å². The maximum absolute atomic E-state index is 15.2. The van der Waals surface area contributed by atoms with Gasteiger partial charge in [-0.05, 0) is 63.7 Å². The lowest BCUT2D eigenvalue weighted by Crippen LogP contribution is -2.62. The van der Waals surface area contributed by atoms with Crippen LogP contribution in [-0.2, 0) is 4.79 Å². The topological polar surface area (TPSA) is 95.0 Å². The van der Waals surface area contributed by atoms with Crippen LogP contribution < -0.4 is 16.1 Å². The molecule has 2 unspecified atom stereocenters. The SMILES string of the molecule is Cc1cn2nc([C@@H]3CCCCN3C(=O)C3(C4CCCCCCCCC4)CC(C(C)C)NN3C)cc2nc1N1CC[C@H](N)C1. The second-order valence-electron chi connectivity index (χ2n) is 14.5. The molecule has 3 aliphatic heterocycles. The number of carbonyl (C=O) groups excluding carboxylic acids is 1. The van der Waals surface area contributed by atoms with E-state index in [1.807, 2.05) is 4.52 Å². The van der Waals surface area contributed by atoms with Gasteiger partial charge in [-0.15, -0.1) is 0 Å². The van der Waals surface area contributed by atoms with Crippen molar-refractivity contribution in [3.05, 3.63) is 23.5 Å². The second-order valence-corrected chi connectivity index (χ2v) is 14.5. The number of rotatable bonds is 5. The summed E-state index contributed by atoms with van der Waals surface area (Å²) in [6.45, 7) is 9.28. The molecule has 9 nitrogen and oxygen atoms in total. The number of fused-ring (bicyclic) bond motifs is 1. The molecule has 5 heterocycles. The van der Waals surface area contributed by atoms with E-state index in [9.17, 15) is 0 Å². The van der Waals surface area contributed by atoms with Crippen LogP contribution in [0.2, 0.25) is 0 Å². The molecule has 0 spiro atoms. The van der Waals surface area contributed by atoms with E-state index in [-0.39, 0.29) is 12.1 Å². The van der Waals surface area contributed by atoms with E-state index in [4.69, 9.17) is 15.8 Å². The van der Waals surface area contributed by atoms with Crippen LogP contribution in [0.15, 0.2) is 12.3 Å². The van der Waals surface area contributed by atoms with Crippen molar-refractivity contribution in [1.29, 1.82) is 0 Å². The van der Waals surface area contributed by atoms with Gasteiger partial charge in [-0.3, -0.25) is 10.2 Å². The molecule has 1 saturated carbocycles. The van der Waals surface area contributed by atoms with Gasteiger partial charge >= 0.3 is 0 Å². The third-order valence-electron chi connectivity index (χ3n) is 11.2. The molecule has 1 amide bonds. The van der Waals surface area contributed by atoms with Crippen LogP contribution in [0.4, 0.5) is 5.82 Å². The van der Waals surface area contributed by atoms with Gasteiger partial charge < -0.3 is 15.5 Å². The van der Waals surface area contributed by atoms with Crippen LogP contribution in [0.5, 0.6) is 0 Å². The number of hydrogen-bond donors (Lipinski definition) is 2. The third-order valence-corrected chi connectivity index (χ3v) is 11.2. The van der Waals surface area contributed by atoms with E-state index >= 15 is 4.79 Å². The van der Waals surface area contributed by atoms with Gasteiger partial charge in [0.2, 0.25) is 5.91 Å². The summed E-state index contributed by atoms with van der Waals surface area (Å²) in [5.41, 5.74) is 12.4. The predicted molar refractivity (Wildman–Crippen MR) is 173 cm³/mol. The molecule has 0 bridgehead atoms. The molecule has 238 valence electrons. The molecule has 3 saturated heterocycles. The fourth-order valence-corrected chi connectivity index (χ4v) is 8.61. The van der Waals surface area contributed by atoms with Gasteiger partial charge in [-0.2, -0.15) is 5.10 Å². The average molecular weight is 593 g/mol. The number of hydrazine groups is 1. The average Bonchev–Trinajstić information content (AvgIpc) is 3.71. The fourth-order valence-electron chi connectivity index (χ4n) is 8.61. The lowest BCUT2D eigenvalue weighted by molar-refractivity contribution is -0.152. The Labute approximate surface area is 258 Å². The summed E-state index contributed by atoms with van der Waals surface area (Å²) in [6.07, 6.45) is 18.5. The van der Waals surface area contributed by atoms with E-state index in [1.165, 1.54) is 44.9 Å². The van der Waals surface area contributed by atoms with Gasteiger partial charge in [0.25, 0.3) is 0 Å². The Morgan fingerprint density at radius 2 is 1.70 bits per heavy atom. The molecule has 1 aliphatic carbocycles. The van der Waals surface area contributed by atoms with Crippen LogP contribution in [0.1, 0.15) is 121 Å². The number of amides is 1. The first kappa shape index (κ1) is 30.8. The zero-order valence-corrected chi connectivity index (χ0v) is 27.2. The number of likely N-dealkylation sites (N-methyl/N-ethyl adjacent to an activating group) is 1. The Morgan fingerprint density at radius 3 is 2.35 bits per heavy atom. The maximum atomic E-state index is 15.2. The number of hydrogen-bond acceptors (Lipinski definition) is 7. The van der Waals surface area contributed by atoms with Crippen molar-refractivity contribution in [2.24, 2.45) is 17.6 Å². The van der Waals surface area contributed by atoms with Crippen molar-refractivity contribution in [1.82, 2.24) is 29.9 Å². The Morgan fingerprint density at radius 1 is 1.00 bits per heavy atom. The molecule has 3 N–H and O–H groups in total. The Bertz CT molecular complexity index is 1250. The molecule has 6 rings (SSSR count). The molecule has 4 fully saturated rings. The van der Waals surface area contributed by atoms with Crippen molar-refractivity contribution < 1.29 is 4.79 Å². The Kier molecular flexibility index (Phi) is 9.32. The number of likely N-dealkylation sites (tertiary alicyclic amines) is 1. The normalized spacial score (nSPS) is 30.5. The van der Waals surface area contributed by atoms with Crippen molar-refractivity contribution in [2.45, 2.75) is 134 Å². The standard InChI is InChI=1S/C34H56N8O/c1-24(2)29-21-34(39(4)37-29,26-14-10-8-6-5-7-9-11-15-26)33(43)41-18-13-12-16-30(41)28-20-31-36-32(25(3)22-42(31)38-28)40-19-17-27(35)23-40/h20,22,24,26-27,29-30,37H,5-19,21,23,35H2,1-4H3/t27-,29?,30-,34?/m0/s1. The summed E-state index contributed by atoms with van der Waals surface area (Å²) in [4.78, 5) is 24.8. The molecule has 43 heavy (non-hydrogen) atoms. The number of aryl methyl sites for hydroxylation is 1. The Balaban J connectivity index is 1.33. The minimum Gasteiger partial charge on any atom is -0.355 e.